The van der Waals surface area contributed by atoms with E-state index in [1.165, 1.54) is 19.2 Å². The first kappa shape index (κ1) is 20.0. The molecule has 3 N–H and O–H groups in total. The van der Waals surface area contributed by atoms with Gasteiger partial charge in [-0.25, -0.2) is 13.4 Å². The lowest BCUT2D eigenvalue weighted by Crippen LogP contribution is -2.37. The average Bonchev–Trinajstić information content (AvgIpc) is 3.08. The van der Waals surface area contributed by atoms with Gasteiger partial charge < -0.3 is 15.0 Å². The van der Waals surface area contributed by atoms with Crippen molar-refractivity contribution in [2.75, 3.05) is 11.1 Å². The highest BCUT2D eigenvalue weighted by molar-refractivity contribution is 7.89. The zero-order valence-corrected chi connectivity index (χ0v) is 16.4. The molecule has 28 heavy (non-hydrogen) atoms. The first-order valence-corrected chi connectivity index (χ1v) is 10.6. The fourth-order valence-electron chi connectivity index (χ4n) is 2.98. The van der Waals surface area contributed by atoms with Crippen LogP contribution in [0.3, 0.4) is 0 Å². The summed E-state index contributed by atoms with van der Waals surface area (Å²) in [6.45, 7) is 3.08. The summed E-state index contributed by atoms with van der Waals surface area (Å²) in [5.41, 5.74) is 2.01. The summed E-state index contributed by atoms with van der Waals surface area (Å²) >= 11 is 0. The molecule has 2 aromatic rings. The molecule has 1 unspecified atom stereocenters. The molecule has 0 aromatic carbocycles. The Morgan fingerprint density at radius 3 is 2.82 bits per heavy atom. The minimum Gasteiger partial charge on any atom is -0.458 e. The number of nitrogens with zero attached hydrogens (tertiary/aromatic N) is 1. The van der Waals surface area contributed by atoms with E-state index in [9.17, 15) is 18.0 Å². The lowest BCUT2D eigenvalue weighted by atomic mass is 9.93. The Labute approximate surface area is 162 Å². The predicted octanol–water partition coefficient (Wildman–Crippen LogP) is 1.85. The number of rotatable bonds is 7. The zero-order chi connectivity index (χ0) is 20.3. The molecule has 9 nitrogen and oxygen atoms in total. The highest BCUT2D eigenvalue weighted by Gasteiger charge is 2.26. The number of aryl methyl sites for hydroxylation is 1. The Morgan fingerprint density at radius 1 is 1.36 bits per heavy atom. The third-order valence-corrected chi connectivity index (χ3v) is 5.78. The quantitative estimate of drug-likeness (QED) is 0.602. The molecule has 10 heteroatoms. The Kier molecular flexibility index (Phi) is 5.80. The molecule has 0 aliphatic heterocycles. The number of nitrogens with one attached hydrogen (secondary N) is 3. The number of hydrogen-bond acceptors (Lipinski definition) is 6. The maximum atomic E-state index is 12.5. The summed E-state index contributed by atoms with van der Waals surface area (Å²) in [5, 5.41) is 2.70. The summed E-state index contributed by atoms with van der Waals surface area (Å²) in [6, 6.07) is 3.10. The van der Waals surface area contributed by atoms with Crippen LogP contribution in [0, 0.1) is 0 Å². The predicted molar refractivity (Wildman–Crippen MR) is 103 cm³/mol. The summed E-state index contributed by atoms with van der Waals surface area (Å²) in [4.78, 5) is 31.7. The van der Waals surface area contributed by atoms with E-state index in [-0.39, 0.29) is 17.4 Å². The highest BCUT2D eigenvalue weighted by atomic mass is 32.2. The molecule has 0 radical (unpaired) electrons. The lowest BCUT2D eigenvalue weighted by Gasteiger charge is -2.15. The van der Waals surface area contributed by atoms with Crippen LogP contribution in [0.25, 0.3) is 0 Å². The summed E-state index contributed by atoms with van der Waals surface area (Å²) < 4.78 is 30.8. The highest BCUT2D eigenvalue weighted by Crippen LogP contribution is 2.25. The van der Waals surface area contributed by atoms with Gasteiger partial charge in [0.1, 0.15) is 0 Å². The number of pyridine rings is 1. The smallest absolute Gasteiger partial charge is 0.257 e. The van der Waals surface area contributed by atoms with E-state index in [1.54, 1.807) is 19.2 Å². The van der Waals surface area contributed by atoms with Crippen molar-refractivity contribution in [3.8, 4) is 5.88 Å². The maximum absolute atomic E-state index is 12.5. The van der Waals surface area contributed by atoms with E-state index in [2.05, 4.69) is 20.0 Å². The molecule has 0 spiro atoms. The second-order valence-electron chi connectivity index (χ2n) is 6.45. The van der Waals surface area contributed by atoms with Crippen LogP contribution in [-0.4, -0.2) is 42.1 Å². The topological polar surface area (TPSA) is 130 Å². The van der Waals surface area contributed by atoms with Crippen LogP contribution in [0.5, 0.6) is 5.88 Å². The van der Waals surface area contributed by atoms with Gasteiger partial charge in [-0.15, -0.1) is 0 Å². The SMILES string of the molecule is CCS(=O)(=O)NC(C)Oc1ccc(NC(=O)c2c[nH]c3c2C(=O)CCC3)cn1. The molecule has 0 saturated heterocycles. The van der Waals surface area contributed by atoms with Crippen LogP contribution in [-0.2, 0) is 16.4 Å². The number of carbonyl (C=O) groups excluding carboxylic acids is 2. The molecule has 1 aliphatic carbocycles. The normalized spacial score (nSPS) is 15.0. The minimum atomic E-state index is -3.39. The molecular formula is C18H22N4O5S. The van der Waals surface area contributed by atoms with Crippen LogP contribution < -0.4 is 14.8 Å². The van der Waals surface area contributed by atoms with Crippen molar-refractivity contribution in [3.63, 3.8) is 0 Å². The lowest BCUT2D eigenvalue weighted by molar-refractivity contribution is 0.0956. The number of sulfonamides is 1. The number of aromatic nitrogens is 2. The van der Waals surface area contributed by atoms with E-state index >= 15 is 0 Å². The van der Waals surface area contributed by atoms with Gasteiger partial charge in [0, 0.05) is 24.4 Å². The van der Waals surface area contributed by atoms with Crippen molar-refractivity contribution in [1.29, 1.82) is 0 Å². The van der Waals surface area contributed by atoms with Gasteiger partial charge in [-0.2, -0.15) is 4.72 Å². The van der Waals surface area contributed by atoms with Crippen molar-refractivity contribution < 1.29 is 22.7 Å². The standard InChI is InChI=1S/C18H22N4O5S/c1-3-28(25,26)22-11(2)27-16-8-7-12(9-20-16)21-18(24)13-10-19-14-5-4-6-15(23)17(13)14/h7-11,19,22H,3-6H2,1-2H3,(H,21,24). The van der Waals surface area contributed by atoms with Gasteiger partial charge in [0.15, 0.2) is 12.0 Å². The van der Waals surface area contributed by atoms with Crippen molar-refractivity contribution in [3.05, 3.63) is 41.3 Å². The summed E-state index contributed by atoms with van der Waals surface area (Å²) in [7, 11) is -3.39. The monoisotopic (exact) mass is 406 g/mol. The van der Waals surface area contributed by atoms with Crippen LogP contribution in [0.2, 0.25) is 0 Å². The Bertz CT molecular complexity index is 982. The Morgan fingerprint density at radius 2 is 2.14 bits per heavy atom. The van der Waals surface area contributed by atoms with Gasteiger partial charge in [0.25, 0.3) is 5.91 Å². The number of fused-ring (bicyclic) bond motifs is 1. The molecule has 3 rings (SSSR count). The third kappa shape index (κ3) is 4.57. The maximum Gasteiger partial charge on any atom is 0.257 e. The van der Waals surface area contributed by atoms with E-state index in [4.69, 9.17) is 4.74 Å². The number of hydrogen-bond donors (Lipinski definition) is 3. The Balaban J connectivity index is 1.64. The van der Waals surface area contributed by atoms with Gasteiger partial charge in [0.2, 0.25) is 15.9 Å². The number of ketones is 1. The van der Waals surface area contributed by atoms with Gasteiger partial charge in [0.05, 0.1) is 28.8 Å². The number of H-pyrrole nitrogens is 1. The largest absolute Gasteiger partial charge is 0.458 e. The van der Waals surface area contributed by atoms with Crippen LogP contribution >= 0.6 is 0 Å². The molecule has 0 fully saturated rings. The third-order valence-electron chi connectivity index (χ3n) is 4.33. The number of aromatic amines is 1. The number of amides is 1. The Hall–Kier alpha value is -2.72. The molecule has 2 heterocycles. The van der Waals surface area contributed by atoms with Gasteiger partial charge >= 0.3 is 0 Å². The van der Waals surface area contributed by atoms with Crippen molar-refractivity contribution in [2.45, 2.75) is 39.3 Å². The number of ether oxygens (including phenoxy) is 1. The molecule has 2 aromatic heterocycles. The fourth-order valence-corrected chi connectivity index (χ4v) is 3.70. The molecule has 1 atom stereocenters. The minimum absolute atomic E-state index is 0.0296. The molecule has 0 saturated carbocycles. The number of carbonyl (C=O) groups is 2. The summed E-state index contributed by atoms with van der Waals surface area (Å²) in [6.07, 6.45) is 4.15. The van der Waals surface area contributed by atoms with Crippen LogP contribution in [0.4, 0.5) is 5.69 Å². The van der Waals surface area contributed by atoms with Gasteiger partial charge in [-0.3, -0.25) is 9.59 Å². The number of Topliss-reactive ketones (excluding diaryl/α,β-unsaturated/α-hetero) is 1. The fraction of sp³-hybridized carbons (Fsp3) is 0.389. The summed E-state index contributed by atoms with van der Waals surface area (Å²) in [5.74, 6) is -0.270. The second kappa shape index (κ2) is 8.11. The first-order chi connectivity index (χ1) is 13.3. The molecule has 1 aliphatic rings. The number of anilines is 1. The van der Waals surface area contributed by atoms with E-state index in [0.717, 1.165) is 18.5 Å². The van der Waals surface area contributed by atoms with Gasteiger partial charge in [-0.1, -0.05) is 0 Å². The second-order valence-corrected chi connectivity index (χ2v) is 8.50. The molecule has 1 amide bonds. The zero-order valence-electron chi connectivity index (χ0n) is 15.6. The molecule has 150 valence electrons. The van der Waals surface area contributed by atoms with Crippen molar-refractivity contribution >= 4 is 27.4 Å². The van der Waals surface area contributed by atoms with Crippen LogP contribution in [0.15, 0.2) is 24.5 Å². The molecule has 0 bridgehead atoms. The van der Waals surface area contributed by atoms with E-state index < -0.39 is 22.2 Å². The van der Waals surface area contributed by atoms with Crippen molar-refractivity contribution in [1.82, 2.24) is 14.7 Å². The average molecular weight is 406 g/mol. The van der Waals surface area contributed by atoms with Crippen LogP contribution in [0.1, 0.15) is 53.1 Å². The molecular weight excluding hydrogens is 384 g/mol. The van der Waals surface area contributed by atoms with E-state index in [0.29, 0.717) is 23.2 Å². The van der Waals surface area contributed by atoms with Crippen molar-refractivity contribution in [2.24, 2.45) is 0 Å². The van der Waals surface area contributed by atoms with E-state index in [1.807, 2.05) is 0 Å². The van der Waals surface area contributed by atoms with Gasteiger partial charge in [-0.05, 0) is 32.8 Å². The first-order valence-electron chi connectivity index (χ1n) is 8.96.